The summed E-state index contributed by atoms with van der Waals surface area (Å²) in [5.41, 5.74) is 4.35. The molecule has 1 aliphatic carbocycles. The molecule has 2 fully saturated rings. The molecule has 2 amide bonds. The third-order valence-corrected chi connectivity index (χ3v) is 10.3. The summed E-state index contributed by atoms with van der Waals surface area (Å²) in [4.78, 5) is 36.8. The molecule has 6 rings (SSSR count). The highest BCUT2D eigenvalue weighted by Gasteiger charge is 2.60. The minimum Gasteiger partial charge on any atom is -0.497 e. The maximum Gasteiger partial charge on any atom is 0.250 e. The highest BCUT2D eigenvalue weighted by Crippen LogP contribution is 2.67. The van der Waals surface area contributed by atoms with Crippen LogP contribution in [0, 0.1) is 18.3 Å². The first-order valence-corrected chi connectivity index (χ1v) is 15.7. The number of amides is 2. The van der Waals surface area contributed by atoms with Crippen molar-refractivity contribution in [3.05, 3.63) is 95.7 Å². The number of nitrogens with zero attached hydrogens (tertiary/aromatic N) is 2. The lowest BCUT2D eigenvalue weighted by Crippen LogP contribution is -2.62. The molecule has 2 N–H and O–H groups in total. The number of para-hydroxylation sites is 1. The Kier molecular flexibility index (Phi) is 8.01. The van der Waals surface area contributed by atoms with Crippen LogP contribution in [0.2, 0.25) is 0 Å². The van der Waals surface area contributed by atoms with Gasteiger partial charge in [-0.1, -0.05) is 62.4 Å². The number of nitrogens with one attached hydrogen (secondary N) is 2. The molecule has 1 saturated heterocycles. The van der Waals surface area contributed by atoms with Gasteiger partial charge in [0.2, 0.25) is 11.8 Å². The molecule has 3 aromatic carbocycles. The van der Waals surface area contributed by atoms with Crippen LogP contribution in [0.5, 0.6) is 5.75 Å². The summed E-state index contributed by atoms with van der Waals surface area (Å²) in [6.45, 7) is 8.56. The number of hydrogen-bond acceptors (Lipinski definition) is 4. The highest BCUT2D eigenvalue weighted by molar-refractivity contribution is 6.01. The van der Waals surface area contributed by atoms with E-state index in [-0.39, 0.29) is 29.1 Å². The Morgan fingerprint density at radius 1 is 0.977 bits per heavy atom. The molecule has 7 heteroatoms. The fourth-order valence-electron chi connectivity index (χ4n) is 7.47. The third-order valence-electron chi connectivity index (χ3n) is 10.3. The van der Waals surface area contributed by atoms with Gasteiger partial charge in [0.15, 0.2) is 0 Å². The Morgan fingerprint density at radius 3 is 2.32 bits per heavy atom. The van der Waals surface area contributed by atoms with E-state index in [1.807, 2.05) is 59.5 Å². The first-order chi connectivity index (χ1) is 21.1. The van der Waals surface area contributed by atoms with Crippen LogP contribution in [-0.2, 0) is 16.1 Å². The summed E-state index contributed by atoms with van der Waals surface area (Å²) in [7, 11) is 3.70. The fraction of sp³-hybridized carbons (Fsp3) is 0.405. The quantitative estimate of drug-likeness (QED) is 0.226. The van der Waals surface area contributed by atoms with Crippen LogP contribution in [0.3, 0.4) is 0 Å². The van der Waals surface area contributed by atoms with Crippen LogP contribution in [-0.4, -0.2) is 59.4 Å². The molecule has 44 heavy (non-hydrogen) atoms. The Labute approximate surface area is 260 Å². The van der Waals surface area contributed by atoms with Crippen molar-refractivity contribution in [3.63, 3.8) is 0 Å². The van der Waals surface area contributed by atoms with Crippen molar-refractivity contribution < 1.29 is 14.3 Å². The molecule has 0 spiro atoms. The van der Waals surface area contributed by atoms with Crippen molar-refractivity contribution in [2.75, 3.05) is 32.6 Å². The summed E-state index contributed by atoms with van der Waals surface area (Å²) in [6, 6.07) is 25.9. The molecule has 7 nitrogen and oxygen atoms in total. The predicted octanol–water partition coefficient (Wildman–Crippen LogP) is 6.75. The zero-order chi connectivity index (χ0) is 31.1. The van der Waals surface area contributed by atoms with E-state index in [0.717, 1.165) is 29.9 Å². The van der Waals surface area contributed by atoms with Gasteiger partial charge in [0.1, 0.15) is 11.3 Å². The number of rotatable bonds is 9. The van der Waals surface area contributed by atoms with E-state index in [9.17, 15) is 9.59 Å². The molecule has 0 bridgehead atoms. The molecule has 1 saturated carbocycles. The minimum atomic E-state index is -0.968. The summed E-state index contributed by atoms with van der Waals surface area (Å²) >= 11 is 0. The second-order valence-corrected chi connectivity index (χ2v) is 13.3. The third kappa shape index (κ3) is 5.50. The zero-order valence-corrected chi connectivity index (χ0v) is 26.5. The second-order valence-electron chi connectivity index (χ2n) is 13.3. The first kappa shape index (κ1) is 29.9. The Morgan fingerprint density at radius 2 is 1.64 bits per heavy atom. The van der Waals surface area contributed by atoms with Crippen LogP contribution in [0.4, 0.5) is 5.69 Å². The normalized spacial score (nSPS) is 20.7. The van der Waals surface area contributed by atoms with Crippen LogP contribution in [0.15, 0.2) is 78.9 Å². The van der Waals surface area contributed by atoms with E-state index in [2.05, 4.69) is 67.3 Å². The van der Waals surface area contributed by atoms with Crippen molar-refractivity contribution in [2.24, 2.45) is 11.3 Å². The molecule has 230 valence electrons. The summed E-state index contributed by atoms with van der Waals surface area (Å²) in [5.74, 6) is 1.09. The van der Waals surface area contributed by atoms with Crippen LogP contribution in [0.1, 0.15) is 55.8 Å². The average Bonchev–Trinajstić information content (AvgIpc) is 3.37. The van der Waals surface area contributed by atoms with E-state index >= 15 is 0 Å². The van der Waals surface area contributed by atoms with Gasteiger partial charge in [0.25, 0.3) is 0 Å². The predicted molar refractivity (Wildman–Crippen MR) is 176 cm³/mol. The Hall–Kier alpha value is -4.10. The van der Waals surface area contributed by atoms with Gasteiger partial charge in [-0.3, -0.25) is 9.59 Å². The molecule has 4 aromatic rings. The van der Waals surface area contributed by atoms with Gasteiger partial charge >= 0.3 is 0 Å². The standard InChI is InChI=1S/C37H44N4O3/c1-25-33(29-13-9-10-14-31(29)38-25)34-30(36(34,2)3)23-32(42)41(24-26-11-7-6-8-12-26)37(19-21-40(4)22-20-37)35(43)39-27-15-17-28(44-5)18-16-27/h6-18,30,34,38H,19-24H2,1-5H3,(H,39,43)/t30-,34+/m0/s1. The molecule has 2 aliphatic rings. The van der Waals surface area contributed by atoms with Crippen LogP contribution < -0.4 is 10.1 Å². The molecule has 1 aliphatic heterocycles. The van der Waals surface area contributed by atoms with Crippen molar-refractivity contribution in [3.8, 4) is 5.75 Å². The zero-order valence-electron chi connectivity index (χ0n) is 26.5. The lowest BCUT2D eigenvalue weighted by molar-refractivity contribution is -0.150. The van der Waals surface area contributed by atoms with Crippen LogP contribution in [0.25, 0.3) is 10.9 Å². The number of aromatic nitrogens is 1. The molecule has 0 radical (unpaired) electrons. The number of carbonyl (C=O) groups excluding carboxylic acids is 2. The van der Waals surface area contributed by atoms with Crippen LogP contribution >= 0.6 is 0 Å². The second kappa shape index (κ2) is 11.8. The van der Waals surface area contributed by atoms with Gasteiger partial charge in [0.05, 0.1) is 7.11 Å². The number of carbonyl (C=O) groups is 2. The van der Waals surface area contributed by atoms with Crippen molar-refractivity contribution in [2.45, 2.75) is 58.0 Å². The van der Waals surface area contributed by atoms with Gasteiger partial charge in [0, 0.05) is 48.3 Å². The van der Waals surface area contributed by atoms with Crippen molar-refractivity contribution >= 4 is 28.4 Å². The Bertz CT molecular complexity index is 1630. The lowest BCUT2D eigenvalue weighted by atomic mass is 9.83. The fourth-order valence-corrected chi connectivity index (χ4v) is 7.47. The topological polar surface area (TPSA) is 77.7 Å². The maximum atomic E-state index is 14.7. The number of fused-ring (bicyclic) bond motifs is 1. The van der Waals surface area contributed by atoms with E-state index in [1.165, 1.54) is 16.6 Å². The maximum absolute atomic E-state index is 14.7. The molecule has 2 heterocycles. The molecule has 0 unspecified atom stereocenters. The van der Waals surface area contributed by atoms with Gasteiger partial charge in [-0.15, -0.1) is 0 Å². The van der Waals surface area contributed by atoms with Gasteiger partial charge in [-0.2, -0.15) is 0 Å². The monoisotopic (exact) mass is 592 g/mol. The number of methoxy groups -OCH3 is 1. The van der Waals surface area contributed by atoms with E-state index < -0.39 is 5.54 Å². The highest BCUT2D eigenvalue weighted by atomic mass is 16.5. The smallest absolute Gasteiger partial charge is 0.250 e. The number of anilines is 1. The Balaban J connectivity index is 1.33. The minimum absolute atomic E-state index is 0.0326. The van der Waals surface area contributed by atoms with E-state index in [1.54, 1.807) is 7.11 Å². The van der Waals surface area contributed by atoms with Gasteiger partial charge < -0.3 is 24.8 Å². The summed E-state index contributed by atoms with van der Waals surface area (Å²) < 4.78 is 5.31. The number of likely N-dealkylation sites (tertiary alicyclic amines) is 1. The van der Waals surface area contributed by atoms with Crippen molar-refractivity contribution in [1.82, 2.24) is 14.8 Å². The number of aromatic amines is 1. The summed E-state index contributed by atoms with van der Waals surface area (Å²) in [5, 5.41) is 4.41. The molecule has 1 aromatic heterocycles. The SMILES string of the molecule is COc1ccc(NC(=O)C2(N(Cc3ccccc3)C(=O)C[C@H]3[C@H](c4c(C)[nH]c5ccccc45)C3(C)C)CCN(C)CC2)cc1. The van der Waals surface area contributed by atoms with E-state index in [4.69, 9.17) is 4.74 Å². The molecular formula is C37H44N4O3. The number of hydrogen-bond donors (Lipinski definition) is 2. The number of H-pyrrole nitrogens is 1. The summed E-state index contributed by atoms with van der Waals surface area (Å²) in [6.07, 6.45) is 1.54. The van der Waals surface area contributed by atoms with Gasteiger partial charge in [-0.05, 0) is 85.5 Å². The average molecular weight is 593 g/mol. The van der Waals surface area contributed by atoms with Crippen molar-refractivity contribution in [1.29, 1.82) is 0 Å². The number of piperidine rings is 1. The number of benzene rings is 3. The first-order valence-electron chi connectivity index (χ1n) is 15.7. The van der Waals surface area contributed by atoms with Gasteiger partial charge in [-0.25, -0.2) is 0 Å². The number of ether oxygens (including phenoxy) is 1. The molecule has 2 atom stereocenters. The van der Waals surface area contributed by atoms with E-state index in [0.29, 0.717) is 31.5 Å². The largest absolute Gasteiger partial charge is 0.497 e. The molecular weight excluding hydrogens is 548 g/mol. The lowest BCUT2D eigenvalue weighted by Gasteiger charge is -2.47. The number of aryl methyl sites for hydroxylation is 1.